The average molecular weight is 457 g/mol. The molecule has 112 valence electrons. The van der Waals surface area contributed by atoms with Crippen LogP contribution in [0, 0.1) is 5.82 Å². The van der Waals surface area contributed by atoms with E-state index in [9.17, 15) is 4.39 Å². The maximum atomic E-state index is 13.3. The number of ether oxygens (including phenoxy) is 1. The fourth-order valence-corrected chi connectivity index (χ4v) is 3.54. The minimum Gasteiger partial charge on any atom is -0.492 e. The van der Waals surface area contributed by atoms with E-state index in [-0.39, 0.29) is 10.6 Å². The first kappa shape index (κ1) is 17.1. The molecular formula is C15H11Br2Cl2FO. The van der Waals surface area contributed by atoms with Gasteiger partial charge in [-0.05, 0) is 52.2 Å². The molecule has 2 aromatic carbocycles. The molecule has 21 heavy (non-hydrogen) atoms. The van der Waals surface area contributed by atoms with Crippen LogP contribution in [0.3, 0.4) is 0 Å². The van der Waals surface area contributed by atoms with Crippen molar-refractivity contribution in [1.82, 2.24) is 0 Å². The quantitative estimate of drug-likeness (QED) is 0.461. The summed E-state index contributed by atoms with van der Waals surface area (Å²) < 4.78 is 19.1. The third-order valence-electron chi connectivity index (χ3n) is 2.86. The van der Waals surface area contributed by atoms with Crippen LogP contribution < -0.4 is 4.74 Å². The van der Waals surface area contributed by atoms with Gasteiger partial charge in [-0.25, -0.2) is 4.39 Å². The molecule has 0 N–H and O–H groups in total. The molecule has 2 aromatic rings. The number of hydrogen-bond donors (Lipinski definition) is 0. The number of benzene rings is 2. The van der Waals surface area contributed by atoms with Crippen molar-refractivity contribution in [3.8, 4) is 5.75 Å². The molecule has 0 radical (unpaired) electrons. The summed E-state index contributed by atoms with van der Waals surface area (Å²) in [6, 6.07) is 8.24. The van der Waals surface area contributed by atoms with Gasteiger partial charge in [-0.2, -0.15) is 0 Å². The summed E-state index contributed by atoms with van der Waals surface area (Å²) in [5.74, 6) is 0.238. The van der Waals surface area contributed by atoms with Crippen molar-refractivity contribution < 1.29 is 9.13 Å². The SMILES string of the molecule is CCOc1cc(Cl)c(C(Br)c2ccc(F)c(Br)c2)cc1Cl. The van der Waals surface area contributed by atoms with E-state index in [1.807, 2.05) is 6.92 Å². The summed E-state index contributed by atoms with van der Waals surface area (Å²) in [6.07, 6.45) is 0. The van der Waals surface area contributed by atoms with Crippen molar-refractivity contribution in [2.45, 2.75) is 11.8 Å². The van der Waals surface area contributed by atoms with Gasteiger partial charge in [0.1, 0.15) is 11.6 Å². The highest BCUT2D eigenvalue weighted by molar-refractivity contribution is 9.10. The van der Waals surface area contributed by atoms with Crippen molar-refractivity contribution in [2.24, 2.45) is 0 Å². The molecule has 0 aliphatic carbocycles. The van der Waals surface area contributed by atoms with Gasteiger partial charge in [0.2, 0.25) is 0 Å². The summed E-state index contributed by atoms with van der Waals surface area (Å²) in [5.41, 5.74) is 1.66. The second-order valence-corrected chi connectivity index (χ2v) is 6.86. The Bertz CT molecular complexity index is 664. The van der Waals surface area contributed by atoms with Gasteiger partial charge in [0.25, 0.3) is 0 Å². The van der Waals surface area contributed by atoms with Gasteiger partial charge < -0.3 is 4.74 Å². The topological polar surface area (TPSA) is 9.23 Å². The van der Waals surface area contributed by atoms with Crippen molar-refractivity contribution in [2.75, 3.05) is 6.61 Å². The first-order chi connectivity index (χ1) is 9.93. The molecule has 0 spiro atoms. The maximum absolute atomic E-state index is 13.3. The molecule has 0 fully saturated rings. The van der Waals surface area contributed by atoms with E-state index in [0.717, 1.165) is 11.1 Å². The molecule has 2 rings (SSSR count). The highest BCUT2D eigenvalue weighted by Crippen LogP contribution is 2.40. The summed E-state index contributed by atoms with van der Waals surface area (Å²) in [5, 5.41) is 1.02. The predicted molar refractivity (Wildman–Crippen MR) is 92.5 cm³/mol. The summed E-state index contributed by atoms with van der Waals surface area (Å²) in [7, 11) is 0. The van der Waals surface area contributed by atoms with Crippen molar-refractivity contribution in [3.63, 3.8) is 0 Å². The Labute approximate surface area is 149 Å². The van der Waals surface area contributed by atoms with E-state index in [1.54, 1.807) is 24.3 Å². The third kappa shape index (κ3) is 3.92. The Kier molecular flexibility index (Phi) is 5.95. The van der Waals surface area contributed by atoms with Crippen LogP contribution in [0.2, 0.25) is 10.0 Å². The molecule has 6 heteroatoms. The Balaban J connectivity index is 2.40. The molecule has 0 aliphatic heterocycles. The molecule has 1 nitrogen and oxygen atoms in total. The first-order valence-electron chi connectivity index (χ1n) is 6.14. The van der Waals surface area contributed by atoms with E-state index in [1.165, 1.54) is 6.07 Å². The van der Waals surface area contributed by atoms with Gasteiger partial charge >= 0.3 is 0 Å². The number of halogens is 5. The van der Waals surface area contributed by atoms with Crippen LogP contribution >= 0.6 is 55.1 Å². The highest BCUT2D eigenvalue weighted by Gasteiger charge is 2.18. The lowest BCUT2D eigenvalue weighted by Crippen LogP contribution is -1.98. The second kappa shape index (κ2) is 7.32. The normalized spacial score (nSPS) is 12.3. The zero-order chi connectivity index (χ0) is 15.6. The molecule has 1 atom stereocenters. The number of hydrogen-bond acceptors (Lipinski definition) is 1. The fourth-order valence-electron chi connectivity index (χ4n) is 1.85. The van der Waals surface area contributed by atoms with Gasteiger partial charge in [-0.3, -0.25) is 0 Å². The van der Waals surface area contributed by atoms with Gasteiger partial charge in [-0.1, -0.05) is 45.2 Å². The predicted octanol–water partition coefficient (Wildman–Crippen LogP) is 6.78. The Morgan fingerprint density at radius 2 is 1.90 bits per heavy atom. The van der Waals surface area contributed by atoms with Gasteiger partial charge in [0.05, 0.1) is 20.9 Å². The average Bonchev–Trinajstić information content (AvgIpc) is 2.45. The smallest absolute Gasteiger partial charge is 0.139 e. The number of alkyl halides is 1. The van der Waals surface area contributed by atoms with Crippen LogP contribution in [0.4, 0.5) is 4.39 Å². The third-order valence-corrected chi connectivity index (χ3v) is 5.11. The maximum Gasteiger partial charge on any atom is 0.139 e. The molecule has 0 heterocycles. The summed E-state index contributed by atoms with van der Waals surface area (Å²) in [4.78, 5) is -0.199. The summed E-state index contributed by atoms with van der Waals surface area (Å²) in [6.45, 7) is 2.39. The van der Waals surface area contributed by atoms with E-state index in [2.05, 4.69) is 31.9 Å². The van der Waals surface area contributed by atoms with E-state index in [4.69, 9.17) is 27.9 Å². The Morgan fingerprint density at radius 1 is 1.19 bits per heavy atom. The number of rotatable bonds is 4. The first-order valence-corrected chi connectivity index (χ1v) is 8.61. The minimum absolute atomic E-state index is 0.199. The molecular weight excluding hydrogens is 446 g/mol. The second-order valence-electron chi connectivity index (χ2n) is 4.27. The van der Waals surface area contributed by atoms with Crippen LogP contribution in [0.25, 0.3) is 0 Å². The van der Waals surface area contributed by atoms with Crippen molar-refractivity contribution in [3.05, 3.63) is 61.8 Å². The lowest BCUT2D eigenvalue weighted by molar-refractivity contribution is 0.340. The van der Waals surface area contributed by atoms with E-state index < -0.39 is 0 Å². The van der Waals surface area contributed by atoms with Crippen LogP contribution in [0.15, 0.2) is 34.8 Å². The van der Waals surface area contributed by atoms with Crippen molar-refractivity contribution >= 4 is 55.1 Å². The fraction of sp³-hybridized carbons (Fsp3) is 0.200. The zero-order valence-corrected chi connectivity index (χ0v) is 15.7. The monoisotopic (exact) mass is 454 g/mol. The van der Waals surface area contributed by atoms with Crippen LogP contribution in [-0.2, 0) is 0 Å². The van der Waals surface area contributed by atoms with Crippen LogP contribution in [-0.4, -0.2) is 6.61 Å². The molecule has 0 saturated heterocycles. The largest absolute Gasteiger partial charge is 0.492 e. The lowest BCUT2D eigenvalue weighted by Gasteiger charge is -2.15. The van der Waals surface area contributed by atoms with Gasteiger partial charge in [0.15, 0.2) is 0 Å². The molecule has 0 saturated carbocycles. The molecule has 0 aliphatic rings. The Morgan fingerprint density at radius 3 is 2.52 bits per heavy atom. The van der Waals surface area contributed by atoms with Gasteiger partial charge in [0, 0.05) is 11.1 Å². The molecule has 0 bridgehead atoms. The highest BCUT2D eigenvalue weighted by atomic mass is 79.9. The molecule has 0 amide bonds. The van der Waals surface area contributed by atoms with Crippen LogP contribution in [0.5, 0.6) is 5.75 Å². The molecule has 0 aromatic heterocycles. The Hall–Kier alpha value is -0.290. The van der Waals surface area contributed by atoms with Gasteiger partial charge in [-0.15, -0.1) is 0 Å². The zero-order valence-electron chi connectivity index (χ0n) is 11.0. The lowest BCUT2D eigenvalue weighted by atomic mass is 10.0. The minimum atomic E-state index is -0.311. The van der Waals surface area contributed by atoms with E-state index >= 15 is 0 Å². The van der Waals surface area contributed by atoms with Crippen molar-refractivity contribution in [1.29, 1.82) is 0 Å². The summed E-state index contributed by atoms with van der Waals surface area (Å²) >= 11 is 19.2. The standard InChI is InChI=1S/C15H11Br2Cl2FO/c1-2-21-14-7-11(18)9(6-12(14)19)15(17)8-3-4-13(20)10(16)5-8/h3-7,15H,2H2,1H3. The molecule has 1 unspecified atom stereocenters. The van der Waals surface area contributed by atoms with E-state index in [0.29, 0.717) is 26.9 Å². The van der Waals surface area contributed by atoms with Crippen LogP contribution in [0.1, 0.15) is 22.9 Å².